The first kappa shape index (κ1) is 18.6. The van der Waals surface area contributed by atoms with Crippen molar-refractivity contribution in [3.05, 3.63) is 18.0 Å². The average molecular weight is 346 g/mol. The van der Waals surface area contributed by atoms with E-state index in [1.807, 2.05) is 20.0 Å². The number of hydrogen-bond donors (Lipinski definition) is 0. The zero-order valence-electron chi connectivity index (χ0n) is 16.4. The van der Waals surface area contributed by atoms with Gasteiger partial charge in [-0.1, -0.05) is 27.7 Å². The van der Waals surface area contributed by atoms with Crippen LogP contribution in [0.1, 0.15) is 83.7 Å². The van der Waals surface area contributed by atoms with E-state index in [9.17, 15) is 4.79 Å². The highest BCUT2D eigenvalue weighted by atomic mass is 16.1. The third-order valence-corrected chi connectivity index (χ3v) is 6.35. The van der Waals surface area contributed by atoms with Gasteiger partial charge in [-0.3, -0.25) is 9.48 Å². The number of likely N-dealkylation sites (tertiary alicyclic amines) is 1. The summed E-state index contributed by atoms with van der Waals surface area (Å²) in [6.07, 6.45) is 11.3. The van der Waals surface area contributed by atoms with Crippen LogP contribution in [-0.2, 0) is 4.79 Å². The number of Topliss-reactive ketones (excluding diaryl/α,β-unsaturated/α-hetero) is 1. The molecule has 0 amide bonds. The lowest BCUT2D eigenvalue weighted by molar-refractivity contribution is -0.127. The van der Waals surface area contributed by atoms with E-state index in [1.165, 1.54) is 44.3 Å². The van der Waals surface area contributed by atoms with E-state index in [1.54, 1.807) is 0 Å². The van der Waals surface area contributed by atoms with Crippen molar-refractivity contribution < 1.29 is 4.79 Å². The van der Waals surface area contributed by atoms with E-state index in [2.05, 4.69) is 34.7 Å². The van der Waals surface area contributed by atoms with Gasteiger partial charge >= 0.3 is 0 Å². The molecule has 140 valence electrons. The van der Waals surface area contributed by atoms with Crippen molar-refractivity contribution in [3.8, 4) is 0 Å². The number of ketones is 1. The van der Waals surface area contributed by atoms with Crippen LogP contribution in [0.15, 0.2) is 12.4 Å². The third kappa shape index (κ3) is 4.33. The smallest absolute Gasteiger partial charge is 0.138 e. The van der Waals surface area contributed by atoms with Crippen LogP contribution in [0.3, 0.4) is 0 Å². The first-order valence-corrected chi connectivity index (χ1v) is 10.3. The van der Waals surface area contributed by atoms with E-state index in [-0.39, 0.29) is 5.92 Å². The van der Waals surface area contributed by atoms with Crippen LogP contribution >= 0.6 is 0 Å². The quantitative estimate of drug-likeness (QED) is 0.792. The molecule has 0 bridgehead atoms. The van der Waals surface area contributed by atoms with Gasteiger partial charge in [-0.2, -0.15) is 5.10 Å². The first-order chi connectivity index (χ1) is 12.0. The molecule has 2 fully saturated rings. The van der Waals surface area contributed by atoms with Crippen LogP contribution in [0.5, 0.6) is 0 Å². The van der Waals surface area contributed by atoms with Crippen molar-refractivity contribution in [1.82, 2.24) is 14.7 Å². The maximum absolute atomic E-state index is 12.2. The van der Waals surface area contributed by atoms with Gasteiger partial charge in [0.2, 0.25) is 0 Å². The predicted octanol–water partition coefficient (Wildman–Crippen LogP) is 4.43. The molecule has 0 unspecified atom stereocenters. The van der Waals surface area contributed by atoms with Gasteiger partial charge < -0.3 is 4.90 Å². The van der Waals surface area contributed by atoms with Crippen molar-refractivity contribution in [1.29, 1.82) is 0 Å². The molecule has 2 aliphatic rings. The zero-order valence-corrected chi connectivity index (χ0v) is 16.4. The van der Waals surface area contributed by atoms with E-state index in [0.717, 1.165) is 12.8 Å². The van der Waals surface area contributed by atoms with Crippen molar-refractivity contribution in [2.75, 3.05) is 13.1 Å². The van der Waals surface area contributed by atoms with Gasteiger partial charge in [0.05, 0.1) is 12.2 Å². The van der Waals surface area contributed by atoms with Gasteiger partial charge in [0.15, 0.2) is 0 Å². The number of carbonyl (C=O) groups excluding carboxylic acids is 1. The zero-order chi connectivity index (χ0) is 18.0. The van der Waals surface area contributed by atoms with Gasteiger partial charge in [0.25, 0.3) is 0 Å². The summed E-state index contributed by atoms with van der Waals surface area (Å²) in [5.74, 6) is 1.56. The lowest BCUT2D eigenvalue weighted by atomic mass is 9.79. The molecule has 1 aliphatic carbocycles. The Kier molecular flexibility index (Phi) is 5.98. The summed E-state index contributed by atoms with van der Waals surface area (Å²) in [7, 11) is 0. The molecule has 3 rings (SSSR count). The SMILES string of the molecule is CC(C)c1cnn(C2CCN([C@H]3CC[C@H](C(=O)C(C)C)CC3)CC2)c1. The molecule has 25 heavy (non-hydrogen) atoms. The fourth-order valence-corrected chi connectivity index (χ4v) is 4.56. The van der Waals surface area contributed by atoms with Gasteiger partial charge in [0, 0.05) is 37.2 Å². The second-order valence-corrected chi connectivity index (χ2v) is 8.74. The fourth-order valence-electron chi connectivity index (χ4n) is 4.56. The normalized spacial score (nSPS) is 26.5. The largest absolute Gasteiger partial charge is 0.300 e. The fraction of sp³-hybridized carbons (Fsp3) is 0.810. The summed E-state index contributed by atoms with van der Waals surface area (Å²) < 4.78 is 2.20. The molecular formula is C21H35N3O. The highest BCUT2D eigenvalue weighted by Gasteiger charge is 2.32. The molecule has 0 N–H and O–H groups in total. The summed E-state index contributed by atoms with van der Waals surface area (Å²) in [5, 5.41) is 4.61. The molecular weight excluding hydrogens is 310 g/mol. The third-order valence-electron chi connectivity index (χ3n) is 6.35. The lowest BCUT2D eigenvalue weighted by Crippen LogP contribution is -2.44. The van der Waals surface area contributed by atoms with Gasteiger partial charge in [-0.15, -0.1) is 0 Å². The highest BCUT2D eigenvalue weighted by Crippen LogP contribution is 2.33. The standard InChI is InChI=1S/C21H35N3O/c1-15(2)18-13-22-24(14-18)20-9-11-23(12-10-20)19-7-5-17(6-8-19)21(25)16(3)4/h13-17,19-20H,5-12H2,1-4H3/t17-,19-. The van der Waals surface area contributed by atoms with Gasteiger partial charge in [0.1, 0.15) is 5.78 Å². The number of hydrogen-bond acceptors (Lipinski definition) is 3. The van der Waals surface area contributed by atoms with E-state index in [0.29, 0.717) is 29.7 Å². The van der Waals surface area contributed by atoms with Crippen molar-refractivity contribution >= 4 is 5.78 Å². The highest BCUT2D eigenvalue weighted by molar-refractivity contribution is 5.82. The van der Waals surface area contributed by atoms with Gasteiger partial charge in [-0.05, 0) is 50.0 Å². The summed E-state index contributed by atoms with van der Waals surface area (Å²) >= 11 is 0. The Morgan fingerprint density at radius 1 is 1.00 bits per heavy atom. The van der Waals surface area contributed by atoms with Crippen LogP contribution in [0.4, 0.5) is 0 Å². The van der Waals surface area contributed by atoms with Crippen LogP contribution in [-0.4, -0.2) is 39.6 Å². The van der Waals surface area contributed by atoms with Crippen LogP contribution in [0, 0.1) is 11.8 Å². The van der Waals surface area contributed by atoms with Crippen LogP contribution in [0.2, 0.25) is 0 Å². The lowest BCUT2D eigenvalue weighted by Gasteiger charge is -2.40. The first-order valence-electron chi connectivity index (χ1n) is 10.3. The monoisotopic (exact) mass is 345 g/mol. The topological polar surface area (TPSA) is 38.1 Å². The molecule has 1 aliphatic heterocycles. The number of piperidine rings is 1. The Balaban J connectivity index is 1.47. The summed E-state index contributed by atoms with van der Waals surface area (Å²) in [5.41, 5.74) is 1.34. The number of carbonyl (C=O) groups is 1. The molecule has 4 nitrogen and oxygen atoms in total. The molecule has 2 heterocycles. The van der Waals surface area contributed by atoms with E-state index in [4.69, 9.17) is 0 Å². The molecule has 4 heteroatoms. The van der Waals surface area contributed by atoms with Crippen molar-refractivity contribution in [2.24, 2.45) is 11.8 Å². The Labute approximate surface area is 153 Å². The minimum absolute atomic E-state index is 0.196. The molecule has 1 aromatic rings. The minimum atomic E-state index is 0.196. The Morgan fingerprint density at radius 3 is 2.16 bits per heavy atom. The van der Waals surface area contributed by atoms with Crippen LogP contribution < -0.4 is 0 Å². The van der Waals surface area contributed by atoms with Crippen molar-refractivity contribution in [3.63, 3.8) is 0 Å². The maximum Gasteiger partial charge on any atom is 0.138 e. The Hall–Kier alpha value is -1.16. The van der Waals surface area contributed by atoms with Gasteiger partial charge in [-0.25, -0.2) is 0 Å². The molecule has 1 aromatic heterocycles. The number of rotatable bonds is 5. The second kappa shape index (κ2) is 8.03. The maximum atomic E-state index is 12.2. The molecule has 1 saturated carbocycles. The molecule has 0 atom stereocenters. The number of nitrogens with zero attached hydrogens (tertiary/aromatic N) is 3. The second-order valence-electron chi connectivity index (χ2n) is 8.74. The Bertz CT molecular complexity index is 561. The van der Waals surface area contributed by atoms with Crippen molar-refractivity contribution in [2.45, 2.75) is 84.2 Å². The predicted molar refractivity (Wildman–Crippen MR) is 102 cm³/mol. The summed E-state index contributed by atoms with van der Waals surface area (Å²) in [6, 6.07) is 1.25. The van der Waals surface area contributed by atoms with E-state index >= 15 is 0 Å². The summed E-state index contributed by atoms with van der Waals surface area (Å²) in [6.45, 7) is 10.9. The minimum Gasteiger partial charge on any atom is -0.300 e. The van der Waals surface area contributed by atoms with Crippen LogP contribution in [0.25, 0.3) is 0 Å². The molecule has 0 radical (unpaired) electrons. The molecule has 0 aromatic carbocycles. The Morgan fingerprint density at radius 2 is 1.64 bits per heavy atom. The van der Waals surface area contributed by atoms with E-state index < -0.39 is 0 Å². The number of aromatic nitrogens is 2. The molecule has 1 saturated heterocycles. The summed E-state index contributed by atoms with van der Waals surface area (Å²) in [4.78, 5) is 14.9. The average Bonchev–Trinajstić information content (AvgIpc) is 3.12. The molecule has 0 spiro atoms.